The highest BCUT2D eigenvalue weighted by molar-refractivity contribution is 6.32. The van der Waals surface area contributed by atoms with Crippen LogP contribution < -0.4 is 10.1 Å². The molecule has 0 bridgehead atoms. The molecule has 0 amide bonds. The Kier molecular flexibility index (Phi) is 4.90. The molecule has 0 radical (unpaired) electrons. The van der Waals surface area contributed by atoms with Crippen molar-refractivity contribution in [3.8, 4) is 5.75 Å². The molecule has 2 nitrogen and oxygen atoms in total. The van der Waals surface area contributed by atoms with Crippen LogP contribution in [0.2, 0.25) is 5.02 Å². The summed E-state index contributed by atoms with van der Waals surface area (Å²) in [6.07, 6.45) is 0. The third-order valence-electron chi connectivity index (χ3n) is 2.76. The third-order valence-corrected chi connectivity index (χ3v) is 3.65. The number of ether oxygens (including phenoxy) is 1. The molecule has 0 heterocycles. The second-order valence-electron chi connectivity index (χ2n) is 3.74. The number of hydrogen-bond donors (Lipinski definition) is 1. The number of rotatable bonds is 4. The van der Waals surface area contributed by atoms with E-state index in [1.165, 1.54) is 0 Å². The topological polar surface area (TPSA) is 21.3 Å². The zero-order valence-electron chi connectivity index (χ0n) is 10.0. The van der Waals surface area contributed by atoms with Gasteiger partial charge in [0.1, 0.15) is 5.75 Å². The summed E-state index contributed by atoms with van der Waals surface area (Å²) in [4.78, 5) is 0. The summed E-state index contributed by atoms with van der Waals surface area (Å²) in [6.45, 7) is 3.96. The van der Waals surface area contributed by atoms with Crippen LogP contribution in [0.5, 0.6) is 5.75 Å². The maximum Gasteiger partial charge on any atom is 0.124 e. The smallest absolute Gasteiger partial charge is 0.124 e. The fourth-order valence-electron chi connectivity index (χ4n) is 1.84. The van der Waals surface area contributed by atoms with Crippen LogP contribution in [0, 0.1) is 13.8 Å². The maximum absolute atomic E-state index is 6.24. The molecule has 0 saturated heterocycles. The number of hydrogen-bond acceptors (Lipinski definition) is 2. The van der Waals surface area contributed by atoms with Gasteiger partial charge in [0.05, 0.1) is 7.11 Å². The average Bonchev–Trinajstić information content (AvgIpc) is 2.29. The van der Waals surface area contributed by atoms with E-state index in [1.807, 2.05) is 27.0 Å². The molecule has 0 fully saturated rings. The summed E-state index contributed by atoms with van der Waals surface area (Å²) in [5, 5.41) is 3.94. The number of benzene rings is 1. The Morgan fingerprint density at radius 2 is 2.06 bits per heavy atom. The van der Waals surface area contributed by atoms with Gasteiger partial charge < -0.3 is 10.1 Å². The van der Waals surface area contributed by atoms with Crippen molar-refractivity contribution in [1.82, 2.24) is 5.32 Å². The summed E-state index contributed by atoms with van der Waals surface area (Å²) in [5.74, 6) is 1.31. The van der Waals surface area contributed by atoms with E-state index in [-0.39, 0.29) is 6.04 Å². The summed E-state index contributed by atoms with van der Waals surface area (Å²) in [7, 11) is 3.53. The van der Waals surface area contributed by atoms with E-state index >= 15 is 0 Å². The second kappa shape index (κ2) is 5.76. The molecule has 0 aliphatic carbocycles. The van der Waals surface area contributed by atoms with E-state index < -0.39 is 0 Å². The normalized spacial score (nSPS) is 12.6. The first-order chi connectivity index (χ1) is 7.56. The van der Waals surface area contributed by atoms with Crippen molar-refractivity contribution in [2.75, 3.05) is 20.0 Å². The summed E-state index contributed by atoms with van der Waals surface area (Å²) < 4.78 is 5.39. The lowest BCUT2D eigenvalue weighted by Crippen LogP contribution is -2.20. The molecule has 0 spiro atoms. The number of aryl methyl sites for hydroxylation is 1. The van der Waals surface area contributed by atoms with Crippen LogP contribution in [0.25, 0.3) is 0 Å². The van der Waals surface area contributed by atoms with Crippen molar-refractivity contribution in [2.45, 2.75) is 19.9 Å². The van der Waals surface area contributed by atoms with Crippen molar-refractivity contribution >= 4 is 23.2 Å². The molecule has 0 aliphatic rings. The molecular formula is C12H17Cl2NO. The Morgan fingerprint density at radius 3 is 2.50 bits per heavy atom. The molecule has 0 aromatic heterocycles. The Balaban J connectivity index is 3.40. The minimum atomic E-state index is 0.0507. The van der Waals surface area contributed by atoms with E-state index in [9.17, 15) is 0 Å². The lowest BCUT2D eigenvalue weighted by Gasteiger charge is -2.21. The van der Waals surface area contributed by atoms with Gasteiger partial charge in [0.25, 0.3) is 0 Å². The predicted molar refractivity (Wildman–Crippen MR) is 70.0 cm³/mol. The summed E-state index contributed by atoms with van der Waals surface area (Å²) in [6, 6.07) is 2.00. The molecule has 4 heteroatoms. The molecule has 1 unspecified atom stereocenters. The highest BCUT2D eigenvalue weighted by atomic mass is 35.5. The second-order valence-corrected chi connectivity index (χ2v) is 4.43. The van der Waals surface area contributed by atoms with Gasteiger partial charge in [0.15, 0.2) is 0 Å². The van der Waals surface area contributed by atoms with Gasteiger partial charge in [0, 0.05) is 22.5 Å². The van der Waals surface area contributed by atoms with Crippen molar-refractivity contribution in [3.05, 3.63) is 27.8 Å². The van der Waals surface area contributed by atoms with E-state index in [0.29, 0.717) is 5.88 Å². The van der Waals surface area contributed by atoms with Gasteiger partial charge >= 0.3 is 0 Å². The van der Waals surface area contributed by atoms with Crippen molar-refractivity contribution in [1.29, 1.82) is 0 Å². The van der Waals surface area contributed by atoms with E-state index in [2.05, 4.69) is 5.32 Å². The van der Waals surface area contributed by atoms with Crippen LogP contribution in [-0.2, 0) is 0 Å². The zero-order chi connectivity index (χ0) is 12.3. The number of nitrogens with one attached hydrogen (secondary N) is 1. The highest BCUT2D eigenvalue weighted by Crippen LogP contribution is 2.35. The molecule has 1 atom stereocenters. The first-order valence-corrected chi connectivity index (χ1v) is 6.04. The number of methoxy groups -OCH3 is 1. The Morgan fingerprint density at radius 1 is 1.44 bits per heavy atom. The lowest BCUT2D eigenvalue weighted by molar-refractivity contribution is 0.403. The SMILES string of the molecule is CNC(CCl)c1c(OC)cc(C)c(Cl)c1C. The third kappa shape index (κ3) is 2.45. The largest absolute Gasteiger partial charge is 0.496 e. The first-order valence-electron chi connectivity index (χ1n) is 5.13. The fraction of sp³-hybridized carbons (Fsp3) is 0.500. The zero-order valence-corrected chi connectivity index (χ0v) is 11.5. The first kappa shape index (κ1) is 13.6. The molecule has 1 rings (SSSR count). The van der Waals surface area contributed by atoms with Gasteiger partial charge in [-0.25, -0.2) is 0 Å². The average molecular weight is 262 g/mol. The van der Waals surface area contributed by atoms with Crippen LogP contribution >= 0.6 is 23.2 Å². The van der Waals surface area contributed by atoms with Crippen LogP contribution in [0.4, 0.5) is 0 Å². The van der Waals surface area contributed by atoms with E-state index in [0.717, 1.165) is 27.5 Å². The fourth-order valence-corrected chi connectivity index (χ4v) is 2.30. The van der Waals surface area contributed by atoms with E-state index in [4.69, 9.17) is 27.9 Å². The molecule has 1 aromatic carbocycles. The molecule has 1 aromatic rings. The molecule has 1 N–H and O–H groups in total. The molecule has 90 valence electrons. The highest BCUT2D eigenvalue weighted by Gasteiger charge is 2.19. The number of alkyl halides is 1. The quantitative estimate of drug-likeness (QED) is 0.839. The van der Waals surface area contributed by atoms with Crippen LogP contribution in [-0.4, -0.2) is 20.0 Å². The minimum Gasteiger partial charge on any atom is -0.496 e. The molecule has 0 saturated carbocycles. The van der Waals surface area contributed by atoms with Crippen molar-refractivity contribution in [3.63, 3.8) is 0 Å². The van der Waals surface area contributed by atoms with Gasteiger partial charge in [0.2, 0.25) is 0 Å². The van der Waals surface area contributed by atoms with Gasteiger partial charge in [-0.15, -0.1) is 11.6 Å². The molecule has 16 heavy (non-hydrogen) atoms. The van der Waals surface area contributed by atoms with Gasteiger partial charge in [-0.2, -0.15) is 0 Å². The number of halogens is 2. The van der Waals surface area contributed by atoms with Crippen molar-refractivity contribution < 1.29 is 4.74 Å². The van der Waals surface area contributed by atoms with Crippen LogP contribution in [0.1, 0.15) is 22.7 Å². The predicted octanol–water partition coefficient (Wildman–Crippen LogP) is 3.46. The summed E-state index contributed by atoms with van der Waals surface area (Å²) >= 11 is 12.2. The standard InChI is InChI=1S/C12H17Cl2NO/c1-7-5-10(16-4)11(8(2)12(7)14)9(6-13)15-3/h5,9,15H,6H2,1-4H3. The van der Waals surface area contributed by atoms with Crippen LogP contribution in [0.3, 0.4) is 0 Å². The monoisotopic (exact) mass is 261 g/mol. The molecule has 0 aliphatic heterocycles. The van der Waals surface area contributed by atoms with Crippen LogP contribution in [0.15, 0.2) is 6.07 Å². The van der Waals surface area contributed by atoms with Gasteiger partial charge in [-0.05, 0) is 38.1 Å². The Hall–Kier alpha value is -0.440. The van der Waals surface area contributed by atoms with Crippen molar-refractivity contribution in [2.24, 2.45) is 0 Å². The Bertz CT molecular complexity index is 376. The van der Waals surface area contributed by atoms with E-state index in [1.54, 1.807) is 7.11 Å². The minimum absolute atomic E-state index is 0.0507. The lowest BCUT2D eigenvalue weighted by atomic mass is 9.98. The summed E-state index contributed by atoms with van der Waals surface area (Å²) in [5.41, 5.74) is 3.08. The maximum atomic E-state index is 6.24. The Labute approximate surface area is 107 Å². The molecular weight excluding hydrogens is 245 g/mol. The van der Waals surface area contributed by atoms with Gasteiger partial charge in [-0.1, -0.05) is 11.6 Å². The van der Waals surface area contributed by atoms with Gasteiger partial charge in [-0.3, -0.25) is 0 Å².